The van der Waals surface area contributed by atoms with Crippen LogP contribution in [0.3, 0.4) is 0 Å². The molecular weight excluding hydrogens is 479 g/mol. The Kier molecular flexibility index (Phi) is 6.16. The number of nitrogens with one attached hydrogen (secondary N) is 1. The Hall–Kier alpha value is -4.60. The Labute approximate surface area is 211 Å². The fraction of sp³-hybridized carbons (Fsp3) is 0.222. The number of aryl methyl sites for hydroxylation is 1. The Morgan fingerprint density at radius 3 is 2.62 bits per heavy atom. The molecule has 1 unspecified atom stereocenters. The second-order valence-electron chi connectivity index (χ2n) is 9.10. The summed E-state index contributed by atoms with van der Waals surface area (Å²) in [7, 11) is 0. The van der Waals surface area contributed by atoms with Crippen molar-refractivity contribution in [1.29, 1.82) is 0 Å². The number of carbonyl (C=O) groups excluding carboxylic acids is 3. The van der Waals surface area contributed by atoms with Gasteiger partial charge in [0.1, 0.15) is 11.9 Å². The van der Waals surface area contributed by atoms with Crippen LogP contribution in [0.5, 0.6) is 0 Å². The molecule has 1 saturated heterocycles. The number of anilines is 1. The molecule has 0 saturated carbocycles. The molecule has 2 aromatic carbocycles. The summed E-state index contributed by atoms with van der Waals surface area (Å²) in [6.45, 7) is 1.52. The number of rotatable bonds is 5. The van der Waals surface area contributed by atoms with E-state index in [1.807, 2.05) is 37.3 Å². The Bertz CT molecular complexity index is 1440. The van der Waals surface area contributed by atoms with Crippen molar-refractivity contribution in [2.45, 2.75) is 38.9 Å². The summed E-state index contributed by atoms with van der Waals surface area (Å²) in [4.78, 5) is 55.7. The first-order valence-corrected chi connectivity index (χ1v) is 11.7. The minimum absolute atomic E-state index is 0.0822. The summed E-state index contributed by atoms with van der Waals surface area (Å²) < 4.78 is 15.1. The van der Waals surface area contributed by atoms with Crippen LogP contribution in [0.4, 0.5) is 14.9 Å². The monoisotopic (exact) mass is 502 g/mol. The number of hydrogen-bond donors (Lipinski definition) is 2. The van der Waals surface area contributed by atoms with Crippen LogP contribution in [0.2, 0.25) is 0 Å². The van der Waals surface area contributed by atoms with Gasteiger partial charge >= 0.3 is 6.09 Å². The number of pyridine rings is 1. The summed E-state index contributed by atoms with van der Waals surface area (Å²) in [5.41, 5.74) is 3.20. The van der Waals surface area contributed by atoms with Gasteiger partial charge < -0.3 is 10.0 Å². The molecule has 37 heavy (non-hydrogen) atoms. The lowest BCUT2D eigenvalue weighted by molar-refractivity contribution is -0.136. The van der Waals surface area contributed by atoms with Gasteiger partial charge in [0.2, 0.25) is 11.8 Å². The molecule has 1 atom stereocenters. The molecule has 1 aromatic heterocycles. The van der Waals surface area contributed by atoms with Crippen molar-refractivity contribution < 1.29 is 28.7 Å². The van der Waals surface area contributed by atoms with E-state index in [2.05, 4.69) is 10.3 Å². The molecule has 10 heteroatoms. The number of aromatic nitrogens is 1. The van der Waals surface area contributed by atoms with Crippen molar-refractivity contribution in [3.05, 3.63) is 82.8 Å². The second kappa shape index (κ2) is 9.45. The van der Waals surface area contributed by atoms with E-state index in [0.717, 1.165) is 21.7 Å². The predicted molar refractivity (Wildman–Crippen MR) is 131 cm³/mol. The number of hydrogen-bond acceptors (Lipinski definition) is 5. The van der Waals surface area contributed by atoms with Crippen LogP contribution in [0.15, 0.2) is 54.7 Å². The molecule has 3 aromatic rings. The van der Waals surface area contributed by atoms with Crippen molar-refractivity contribution in [2.24, 2.45) is 0 Å². The summed E-state index contributed by atoms with van der Waals surface area (Å²) in [6, 6.07) is 13.0. The van der Waals surface area contributed by atoms with Gasteiger partial charge in [-0.1, -0.05) is 30.3 Å². The molecular formula is C27H23FN4O5. The second-order valence-corrected chi connectivity index (χ2v) is 9.10. The molecule has 0 bridgehead atoms. The molecule has 1 fully saturated rings. The predicted octanol–water partition coefficient (Wildman–Crippen LogP) is 3.64. The molecule has 188 valence electrons. The Balaban J connectivity index is 1.41. The number of benzene rings is 2. The van der Waals surface area contributed by atoms with Gasteiger partial charge in [0.05, 0.1) is 30.7 Å². The highest BCUT2D eigenvalue weighted by atomic mass is 19.1. The van der Waals surface area contributed by atoms with Crippen LogP contribution in [0.1, 0.15) is 39.9 Å². The lowest BCUT2D eigenvalue weighted by Gasteiger charge is -2.29. The average molecular weight is 503 g/mol. The maximum absolute atomic E-state index is 15.1. The summed E-state index contributed by atoms with van der Waals surface area (Å²) in [5, 5.41) is 12.1. The molecule has 3 heterocycles. The lowest BCUT2D eigenvalue weighted by Crippen LogP contribution is -2.52. The van der Waals surface area contributed by atoms with E-state index in [-0.39, 0.29) is 42.6 Å². The number of piperidine rings is 1. The number of amides is 4. The van der Waals surface area contributed by atoms with Crippen LogP contribution >= 0.6 is 0 Å². The first-order chi connectivity index (χ1) is 17.7. The lowest BCUT2D eigenvalue weighted by atomic mass is 10.0. The highest BCUT2D eigenvalue weighted by Gasteiger charge is 2.40. The normalized spacial score (nSPS) is 17.0. The third-order valence-corrected chi connectivity index (χ3v) is 6.66. The third kappa shape index (κ3) is 4.53. The smallest absolute Gasteiger partial charge is 0.412 e. The molecule has 2 aliphatic rings. The van der Waals surface area contributed by atoms with E-state index in [1.54, 1.807) is 6.07 Å². The first-order valence-electron chi connectivity index (χ1n) is 11.7. The number of nitrogens with zero attached hydrogens (tertiary/aromatic N) is 3. The Morgan fingerprint density at radius 1 is 1.19 bits per heavy atom. The number of halogens is 1. The molecule has 2 aliphatic heterocycles. The van der Waals surface area contributed by atoms with E-state index in [9.17, 15) is 24.3 Å². The summed E-state index contributed by atoms with van der Waals surface area (Å²) in [5.74, 6) is -2.18. The average Bonchev–Trinajstić information content (AvgIpc) is 3.19. The zero-order valence-corrected chi connectivity index (χ0v) is 19.9. The molecule has 0 aliphatic carbocycles. The van der Waals surface area contributed by atoms with E-state index < -0.39 is 35.7 Å². The van der Waals surface area contributed by atoms with E-state index in [4.69, 9.17) is 0 Å². The van der Waals surface area contributed by atoms with Crippen LogP contribution < -0.4 is 10.2 Å². The maximum atomic E-state index is 15.1. The van der Waals surface area contributed by atoms with Crippen molar-refractivity contribution in [2.75, 3.05) is 4.90 Å². The SMILES string of the molecule is Cc1cc(N(Cc2cc(F)c3c(c2)C(=O)N(C2CCC(=O)NC2=O)C3)C(=O)O)cnc1-c1ccccc1. The first kappa shape index (κ1) is 24.1. The van der Waals surface area contributed by atoms with E-state index in [0.29, 0.717) is 5.69 Å². The van der Waals surface area contributed by atoms with Gasteiger partial charge in [0.15, 0.2) is 0 Å². The minimum atomic E-state index is -1.26. The van der Waals surface area contributed by atoms with Gasteiger partial charge in [-0.05, 0) is 42.7 Å². The van der Waals surface area contributed by atoms with E-state index in [1.165, 1.54) is 23.2 Å². The van der Waals surface area contributed by atoms with Crippen molar-refractivity contribution >= 4 is 29.5 Å². The molecule has 2 N–H and O–H groups in total. The zero-order chi connectivity index (χ0) is 26.3. The quantitative estimate of drug-likeness (QED) is 0.514. The van der Waals surface area contributed by atoms with Crippen molar-refractivity contribution in [3.63, 3.8) is 0 Å². The fourth-order valence-electron chi connectivity index (χ4n) is 4.82. The minimum Gasteiger partial charge on any atom is -0.465 e. The highest BCUT2D eigenvalue weighted by molar-refractivity contribution is 6.05. The topological polar surface area (TPSA) is 120 Å². The maximum Gasteiger partial charge on any atom is 0.412 e. The van der Waals surface area contributed by atoms with Crippen LogP contribution in [-0.2, 0) is 22.7 Å². The largest absolute Gasteiger partial charge is 0.465 e. The van der Waals surface area contributed by atoms with Gasteiger partial charge in [-0.3, -0.25) is 29.6 Å². The molecule has 0 spiro atoms. The number of carbonyl (C=O) groups is 4. The van der Waals surface area contributed by atoms with Crippen LogP contribution in [-0.4, -0.2) is 44.8 Å². The van der Waals surface area contributed by atoms with E-state index >= 15 is 4.39 Å². The summed E-state index contributed by atoms with van der Waals surface area (Å²) >= 11 is 0. The Morgan fingerprint density at radius 2 is 1.95 bits per heavy atom. The fourth-order valence-corrected chi connectivity index (χ4v) is 4.82. The number of carboxylic acid groups (broad SMARTS) is 1. The molecule has 9 nitrogen and oxygen atoms in total. The highest BCUT2D eigenvalue weighted by Crippen LogP contribution is 2.32. The van der Waals surface area contributed by atoms with Crippen LogP contribution in [0.25, 0.3) is 11.3 Å². The third-order valence-electron chi connectivity index (χ3n) is 6.66. The standard InChI is InChI=1S/C27H23FN4O5/c1-15-9-18(12-29-24(15)17-5-3-2-4-6-17)31(27(36)37)13-16-10-19-20(21(28)11-16)14-32(26(19)35)22-7-8-23(33)30-25(22)34/h2-6,9-12,22H,7-8,13-14H2,1H3,(H,36,37)(H,30,33,34). The van der Waals surface area contributed by atoms with Gasteiger partial charge in [0, 0.05) is 23.1 Å². The van der Waals surface area contributed by atoms with Gasteiger partial charge in [0.25, 0.3) is 5.91 Å². The number of fused-ring (bicyclic) bond motifs is 1. The number of imide groups is 1. The molecule has 5 rings (SSSR count). The van der Waals surface area contributed by atoms with Gasteiger partial charge in [-0.25, -0.2) is 9.18 Å². The van der Waals surface area contributed by atoms with Crippen molar-refractivity contribution in [1.82, 2.24) is 15.2 Å². The summed E-state index contributed by atoms with van der Waals surface area (Å²) in [6.07, 6.45) is 0.444. The zero-order valence-electron chi connectivity index (χ0n) is 19.9. The molecule has 0 radical (unpaired) electrons. The van der Waals surface area contributed by atoms with Crippen LogP contribution in [0, 0.1) is 12.7 Å². The van der Waals surface area contributed by atoms with Crippen molar-refractivity contribution in [3.8, 4) is 11.3 Å². The van der Waals surface area contributed by atoms with Gasteiger partial charge in [-0.2, -0.15) is 0 Å². The molecule has 4 amide bonds. The van der Waals surface area contributed by atoms with Gasteiger partial charge in [-0.15, -0.1) is 0 Å².